The molecule has 0 aliphatic rings. The van der Waals surface area contributed by atoms with E-state index in [1.165, 1.54) is 12.3 Å². The minimum atomic E-state index is -0.671. The van der Waals surface area contributed by atoms with E-state index in [9.17, 15) is 4.79 Å². The van der Waals surface area contributed by atoms with Gasteiger partial charge in [0, 0.05) is 24.0 Å². The molecule has 4 nitrogen and oxygen atoms in total. The lowest BCUT2D eigenvalue weighted by Crippen LogP contribution is -1.85. The molecule has 0 aliphatic heterocycles. The molecule has 0 bridgehead atoms. The van der Waals surface area contributed by atoms with Crippen LogP contribution in [0.25, 0.3) is 11.3 Å². The van der Waals surface area contributed by atoms with Gasteiger partial charge in [-0.15, -0.1) is 0 Å². The van der Waals surface area contributed by atoms with Gasteiger partial charge in [-0.3, -0.25) is 9.78 Å². The third kappa shape index (κ3) is 2.00. The van der Waals surface area contributed by atoms with Crippen molar-refractivity contribution in [2.45, 2.75) is 0 Å². The summed E-state index contributed by atoms with van der Waals surface area (Å²) in [5.41, 5.74) is 0.669. The largest absolute Gasteiger partial charge is 0.355 e. The molecule has 0 saturated carbocycles. The molecule has 2 aromatic rings. The van der Waals surface area contributed by atoms with Crippen molar-refractivity contribution in [2.24, 2.45) is 0 Å². The summed E-state index contributed by atoms with van der Waals surface area (Å²) in [6.07, 6.45) is 3.04. The zero-order valence-corrected chi connectivity index (χ0v) is 8.79. The number of hydrogen-bond acceptors (Lipinski definition) is 4. The molecule has 0 atom stereocenters. The Morgan fingerprint density at radius 3 is 2.87 bits per heavy atom. The van der Waals surface area contributed by atoms with Gasteiger partial charge in [-0.1, -0.05) is 16.8 Å². The molecule has 2 heterocycles. The van der Waals surface area contributed by atoms with E-state index < -0.39 is 5.24 Å². The fourth-order valence-electron chi connectivity index (χ4n) is 1.07. The standard InChI is InChI=1S/C9H4Cl2N2O2/c10-6-4-12-2-1-5(6)8-3-7(9(11)14)13-15-8/h1-4H. The molecule has 6 heteroatoms. The summed E-state index contributed by atoms with van der Waals surface area (Å²) >= 11 is 11.1. The number of nitrogens with zero attached hydrogens (tertiary/aromatic N) is 2. The molecule has 0 aromatic carbocycles. The number of carbonyl (C=O) groups is 1. The van der Waals surface area contributed by atoms with E-state index in [1.54, 1.807) is 12.3 Å². The van der Waals surface area contributed by atoms with Crippen molar-refractivity contribution in [1.82, 2.24) is 10.1 Å². The van der Waals surface area contributed by atoms with E-state index in [-0.39, 0.29) is 5.69 Å². The zero-order chi connectivity index (χ0) is 10.8. The van der Waals surface area contributed by atoms with Gasteiger partial charge in [-0.25, -0.2) is 0 Å². The Kier molecular flexibility index (Phi) is 2.70. The molecule has 0 saturated heterocycles. The molecule has 0 amide bonds. The maximum Gasteiger partial charge on any atom is 0.274 e. The number of halogens is 2. The Balaban J connectivity index is 2.46. The molecule has 76 valence electrons. The van der Waals surface area contributed by atoms with Gasteiger partial charge in [-0.2, -0.15) is 0 Å². The van der Waals surface area contributed by atoms with Crippen LogP contribution in [0, 0.1) is 0 Å². The van der Waals surface area contributed by atoms with Crippen LogP contribution in [0.4, 0.5) is 0 Å². The van der Waals surface area contributed by atoms with Crippen molar-refractivity contribution in [3.8, 4) is 11.3 Å². The van der Waals surface area contributed by atoms with Crippen molar-refractivity contribution in [1.29, 1.82) is 0 Å². The average molecular weight is 243 g/mol. The van der Waals surface area contributed by atoms with Crippen LogP contribution < -0.4 is 0 Å². The highest BCUT2D eigenvalue weighted by atomic mass is 35.5. The van der Waals surface area contributed by atoms with Crippen LogP contribution in [-0.4, -0.2) is 15.4 Å². The fourth-order valence-corrected chi connectivity index (χ4v) is 1.37. The molecule has 2 aromatic heterocycles. The van der Waals surface area contributed by atoms with Gasteiger partial charge < -0.3 is 4.52 Å². The highest BCUT2D eigenvalue weighted by molar-refractivity contribution is 6.67. The van der Waals surface area contributed by atoms with Crippen LogP contribution in [0.15, 0.2) is 29.0 Å². The minimum Gasteiger partial charge on any atom is -0.355 e. The minimum absolute atomic E-state index is 0.0551. The van der Waals surface area contributed by atoms with Crippen LogP contribution in [0.5, 0.6) is 0 Å². The van der Waals surface area contributed by atoms with E-state index in [1.807, 2.05) is 0 Å². The molecule has 0 aliphatic carbocycles. The lowest BCUT2D eigenvalue weighted by molar-refractivity contribution is 0.107. The number of pyridine rings is 1. The van der Waals surface area contributed by atoms with Crippen LogP contribution in [0.1, 0.15) is 10.5 Å². The van der Waals surface area contributed by atoms with Gasteiger partial charge in [0.1, 0.15) is 0 Å². The SMILES string of the molecule is O=C(Cl)c1cc(-c2ccncc2Cl)on1. The first-order valence-electron chi connectivity index (χ1n) is 3.95. The lowest BCUT2D eigenvalue weighted by Gasteiger charge is -1.95. The number of aromatic nitrogens is 2. The Hall–Kier alpha value is -1.39. The Bertz CT molecular complexity index is 510. The van der Waals surface area contributed by atoms with Crippen molar-refractivity contribution >= 4 is 28.4 Å². The lowest BCUT2D eigenvalue weighted by atomic mass is 10.2. The zero-order valence-electron chi connectivity index (χ0n) is 7.28. The highest BCUT2D eigenvalue weighted by Crippen LogP contribution is 2.27. The summed E-state index contributed by atoms with van der Waals surface area (Å²) in [4.78, 5) is 14.6. The first kappa shape index (κ1) is 10.1. The molecule has 0 N–H and O–H groups in total. The van der Waals surface area contributed by atoms with Crippen LogP contribution in [0.2, 0.25) is 5.02 Å². The summed E-state index contributed by atoms with van der Waals surface area (Å²) in [6, 6.07) is 3.09. The van der Waals surface area contributed by atoms with Crippen LogP contribution in [-0.2, 0) is 0 Å². The summed E-state index contributed by atoms with van der Waals surface area (Å²) < 4.78 is 4.93. The predicted molar refractivity (Wildman–Crippen MR) is 54.9 cm³/mol. The molecule has 0 radical (unpaired) electrons. The molecular formula is C9H4Cl2N2O2. The van der Waals surface area contributed by atoms with E-state index in [2.05, 4.69) is 10.1 Å². The number of carbonyl (C=O) groups excluding carboxylic acids is 1. The first-order valence-corrected chi connectivity index (χ1v) is 4.70. The second-order valence-corrected chi connectivity index (χ2v) is 3.46. The predicted octanol–water partition coefficient (Wildman–Crippen LogP) is 2.77. The number of hydrogen-bond donors (Lipinski definition) is 0. The Morgan fingerprint density at radius 2 is 2.27 bits per heavy atom. The van der Waals surface area contributed by atoms with Gasteiger partial charge in [0.05, 0.1) is 5.02 Å². The second kappa shape index (κ2) is 4.00. The third-order valence-electron chi connectivity index (χ3n) is 1.75. The molecule has 0 spiro atoms. The van der Waals surface area contributed by atoms with Gasteiger partial charge in [-0.05, 0) is 17.7 Å². The van der Waals surface area contributed by atoms with Crippen LogP contribution >= 0.6 is 23.2 Å². The molecular weight excluding hydrogens is 239 g/mol. The number of rotatable bonds is 2. The van der Waals surface area contributed by atoms with E-state index in [0.29, 0.717) is 16.3 Å². The van der Waals surface area contributed by atoms with Gasteiger partial charge in [0.15, 0.2) is 11.5 Å². The summed E-state index contributed by atoms with van der Waals surface area (Å²) in [5.74, 6) is 0.381. The van der Waals surface area contributed by atoms with E-state index in [0.717, 1.165) is 0 Å². The summed E-state index contributed by atoms with van der Waals surface area (Å²) in [5, 5.41) is 3.25. The van der Waals surface area contributed by atoms with Gasteiger partial charge >= 0.3 is 0 Å². The van der Waals surface area contributed by atoms with Gasteiger partial charge in [0.25, 0.3) is 5.24 Å². The Morgan fingerprint density at radius 1 is 1.47 bits per heavy atom. The first-order chi connectivity index (χ1) is 7.18. The smallest absolute Gasteiger partial charge is 0.274 e. The fraction of sp³-hybridized carbons (Fsp3) is 0. The quantitative estimate of drug-likeness (QED) is 0.761. The topological polar surface area (TPSA) is 56.0 Å². The van der Waals surface area contributed by atoms with E-state index >= 15 is 0 Å². The van der Waals surface area contributed by atoms with Gasteiger partial charge in [0.2, 0.25) is 0 Å². The monoisotopic (exact) mass is 242 g/mol. The Labute approximate surface area is 94.8 Å². The van der Waals surface area contributed by atoms with Crippen molar-refractivity contribution in [3.63, 3.8) is 0 Å². The third-order valence-corrected chi connectivity index (χ3v) is 2.24. The van der Waals surface area contributed by atoms with E-state index in [4.69, 9.17) is 27.7 Å². The molecule has 0 unspecified atom stereocenters. The van der Waals surface area contributed by atoms with Crippen molar-refractivity contribution in [3.05, 3.63) is 35.2 Å². The van der Waals surface area contributed by atoms with Crippen LogP contribution in [0.3, 0.4) is 0 Å². The van der Waals surface area contributed by atoms with Crippen molar-refractivity contribution in [2.75, 3.05) is 0 Å². The maximum atomic E-state index is 10.8. The molecule has 0 fully saturated rings. The second-order valence-electron chi connectivity index (χ2n) is 2.71. The maximum absolute atomic E-state index is 10.8. The normalized spacial score (nSPS) is 10.3. The molecule has 2 rings (SSSR count). The summed E-state index contributed by atoms with van der Waals surface area (Å²) in [7, 11) is 0. The average Bonchev–Trinajstić information content (AvgIpc) is 2.67. The highest BCUT2D eigenvalue weighted by Gasteiger charge is 2.13. The molecule has 15 heavy (non-hydrogen) atoms. The summed E-state index contributed by atoms with van der Waals surface area (Å²) in [6.45, 7) is 0. The van der Waals surface area contributed by atoms with Crippen molar-refractivity contribution < 1.29 is 9.32 Å².